The molecule has 0 bridgehead atoms. The smallest absolute Gasteiger partial charge is 0.341 e. The molecule has 1 saturated heterocycles. The summed E-state index contributed by atoms with van der Waals surface area (Å²) in [4.78, 5) is 25.8. The molecule has 0 saturated carbocycles. The summed E-state index contributed by atoms with van der Waals surface area (Å²) in [5, 5.41) is 9.11. The van der Waals surface area contributed by atoms with Crippen LogP contribution in [0.1, 0.15) is 30.4 Å². The first-order chi connectivity index (χ1) is 11.3. The molecule has 1 aliphatic heterocycles. The van der Waals surface area contributed by atoms with E-state index < -0.39 is 29.3 Å². The van der Waals surface area contributed by atoms with Gasteiger partial charge in [-0.1, -0.05) is 12.1 Å². The van der Waals surface area contributed by atoms with E-state index in [9.17, 15) is 22.8 Å². The Hall–Kier alpha value is -2.36. The number of likely N-dealkylation sites (tertiary alicyclic amines) is 1. The number of aryl methyl sites for hydroxylation is 1. The molecule has 1 aliphatic rings. The Morgan fingerprint density at radius 1 is 1.17 bits per heavy atom. The van der Waals surface area contributed by atoms with Gasteiger partial charge in [-0.25, -0.2) is 0 Å². The van der Waals surface area contributed by atoms with Crippen molar-refractivity contribution >= 4 is 11.7 Å². The molecule has 1 heterocycles. The van der Waals surface area contributed by atoms with E-state index in [-0.39, 0.29) is 12.8 Å². The molecule has 1 aromatic rings. The van der Waals surface area contributed by atoms with Crippen LogP contribution < -0.4 is 0 Å². The molecule has 2 rings (SSSR count). The van der Waals surface area contributed by atoms with Crippen molar-refractivity contribution in [2.75, 3.05) is 13.1 Å². The third-order valence-corrected chi connectivity index (χ3v) is 4.06. The number of carbonyl (C=O) groups excluding carboxylic acids is 2. The van der Waals surface area contributed by atoms with Crippen molar-refractivity contribution < 1.29 is 22.8 Å². The Morgan fingerprint density at radius 3 is 2.25 bits per heavy atom. The average Bonchev–Trinajstić information content (AvgIpc) is 3.07. The maximum absolute atomic E-state index is 12.5. The zero-order valence-corrected chi connectivity index (χ0v) is 13.0. The third-order valence-electron chi connectivity index (χ3n) is 4.06. The second kappa shape index (κ2) is 7.47. The largest absolute Gasteiger partial charge is 0.416 e. The number of hydrogen-bond acceptors (Lipinski definition) is 3. The molecule has 7 heteroatoms. The third kappa shape index (κ3) is 4.34. The summed E-state index contributed by atoms with van der Waals surface area (Å²) in [6, 6.07) is 6.28. The summed E-state index contributed by atoms with van der Waals surface area (Å²) in [7, 11) is 0. The van der Waals surface area contributed by atoms with Crippen LogP contribution >= 0.6 is 0 Å². The fourth-order valence-electron chi connectivity index (χ4n) is 2.66. The van der Waals surface area contributed by atoms with Gasteiger partial charge in [-0.15, -0.1) is 0 Å². The number of benzene rings is 1. The van der Waals surface area contributed by atoms with Crippen LogP contribution in [0.5, 0.6) is 0 Å². The number of hydrogen-bond donors (Lipinski definition) is 0. The first-order valence-electron chi connectivity index (χ1n) is 7.70. The molecule has 1 atom stereocenters. The van der Waals surface area contributed by atoms with E-state index in [0.29, 0.717) is 18.7 Å². The van der Waals surface area contributed by atoms with Gasteiger partial charge in [0.25, 0.3) is 0 Å². The molecule has 0 spiro atoms. The van der Waals surface area contributed by atoms with Gasteiger partial charge in [-0.3, -0.25) is 9.59 Å². The SMILES string of the molecule is N#CC(C(=O)CCc1ccc(C(F)(F)F)cc1)C(=O)N1CCCC1. The van der Waals surface area contributed by atoms with Gasteiger partial charge < -0.3 is 4.90 Å². The molecule has 1 amide bonds. The lowest BCUT2D eigenvalue weighted by atomic mass is 9.97. The molecule has 1 unspecified atom stereocenters. The van der Waals surface area contributed by atoms with Gasteiger partial charge >= 0.3 is 6.18 Å². The number of nitriles is 1. The highest BCUT2D eigenvalue weighted by atomic mass is 19.4. The molecule has 0 aromatic heterocycles. The van der Waals surface area contributed by atoms with Crippen LogP contribution in [0.2, 0.25) is 0 Å². The Kier molecular flexibility index (Phi) is 5.60. The molecule has 24 heavy (non-hydrogen) atoms. The molecule has 1 fully saturated rings. The first kappa shape index (κ1) is 18.0. The molecular weight excluding hydrogens is 321 g/mol. The summed E-state index contributed by atoms with van der Waals surface area (Å²) in [5.74, 6) is -2.28. The maximum Gasteiger partial charge on any atom is 0.416 e. The number of nitrogens with zero attached hydrogens (tertiary/aromatic N) is 2. The predicted octanol–water partition coefficient (Wildman–Crippen LogP) is 2.97. The lowest BCUT2D eigenvalue weighted by Crippen LogP contribution is -2.37. The van der Waals surface area contributed by atoms with Crippen molar-refractivity contribution in [3.8, 4) is 6.07 Å². The number of carbonyl (C=O) groups is 2. The van der Waals surface area contributed by atoms with Crippen molar-refractivity contribution in [3.05, 3.63) is 35.4 Å². The monoisotopic (exact) mass is 338 g/mol. The van der Waals surface area contributed by atoms with Crippen LogP contribution in [0.25, 0.3) is 0 Å². The first-order valence-corrected chi connectivity index (χ1v) is 7.70. The van der Waals surface area contributed by atoms with Crippen molar-refractivity contribution in [2.24, 2.45) is 5.92 Å². The molecule has 0 radical (unpaired) electrons. The van der Waals surface area contributed by atoms with Gasteiger partial charge in [0.05, 0.1) is 11.6 Å². The van der Waals surface area contributed by atoms with Gasteiger partial charge in [-0.2, -0.15) is 18.4 Å². The van der Waals surface area contributed by atoms with Crippen LogP contribution in [0, 0.1) is 17.2 Å². The minimum Gasteiger partial charge on any atom is -0.341 e. The Morgan fingerprint density at radius 2 is 1.75 bits per heavy atom. The Labute approximate surface area is 137 Å². The highest BCUT2D eigenvalue weighted by molar-refractivity contribution is 6.04. The minimum atomic E-state index is -4.40. The van der Waals surface area contributed by atoms with Crippen LogP contribution in [-0.4, -0.2) is 29.7 Å². The fraction of sp³-hybridized carbons (Fsp3) is 0.471. The van der Waals surface area contributed by atoms with Crippen molar-refractivity contribution in [2.45, 2.75) is 31.9 Å². The van der Waals surface area contributed by atoms with Gasteiger partial charge in [0.1, 0.15) is 0 Å². The number of halogens is 3. The maximum atomic E-state index is 12.5. The van der Waals surface area contributed by atoms with Gasteiger partial charge in [-0.05, 0) is 37.0 Å². The quantitative estimate of drug-likeness (QED) is 0.776. The fourth-order valence-corrected chi connectivity index (χ4v) is 2.66. The number of amides is 1. The van der Waals surface area contributed by atoms with Crippen LogP contribution in [-0.2, 0) is 22.2 Å². The zero-order chi connectivity index (χ0) is 17.7. The summed E-state index contributed by atoms with van der Waals surface area (Å²) >= 11 is 0. The summed E-state index contributed by atoms with van der Waals surface area (Å²) in [6.45, 7) is 1.12. The van der Waals surface area contributed by atoms with E-state index in [1.54, 1.807) is 6.07 Å². The Bertz CT molecular complexity index is 641. The highest BCUT2D eigenvalue weighted by Gasteiger charge is 2.32. The molecule has 128 valence electrons. The second-order valence-electron chi connectivity index (χ2n) is 5.76. The molecule has 4 nitrogen and oxygen atoms in total. The van der Waals surface area contributed by atoms with E-state index >= 15 is 0 Å². The normalized spacial score (nSPS) is 15.8. The highest BCUT2D eigenvalue weighted by Crippen LogP contribution is 2.29. The van der Waals surface area contributed by atoms with Gasteiger partial charge in [0.15, 0.2) is 11.7 Å². The average molecular weight is 338 g/mol. The molecular formula is C17H17F3N2O2. The van der Waals surface area contributed by atoms with Crippen molar-refractivity contribution in [1.82, 2.24) is 4.90 Å². The standard InChI is InChI=1S/C17H17F3N2O2/c18-17(19,20)13-6-3-12(4-7-13)5-8-15(23)14(11-21)16(24)22-9-1-2-10-22/h3-4,6-7,14H,1-2,5,8-10H2. The van der Waals surface area contributed by atoms with Crippen molar-refractivity contribution in [3.63, 3.8) is 0 Å². The lowest BCUT2D eigenvalue weighted by molar-refractivity contribution is -0.139. The van der Waals surface area contributed by atoms with E-state index in [1.807, 2.05) is 0 Å². The predicted molar refractivity (Wildman–Crippen MR) is 79.7 cm³/mol. The Balaban J connectivity index is 1.93. The number of ketones is 1. The van der Waals surface area contributed by atoms with Crippen LogP contribution in [0.15, 0.2) is 24.3 Å². The molecule has 0 aliphatic carbocycles. The minimum absolute atomic E-state index is 0.0524. The summed E-state index contributed by atoms with van der Waals surface area (Å²) in [5.41, 5.74) is -0.196. The number of rotatable bonds is 5. The lowest BCUT2D eigenvalue weighted by Gasteiger charge is -2.18. The van der Waals surface area contributed by atoms with Crippen molar-refractivity contribution in [1.29, 1.82) is 5.26 Å². The van der Waals surface area contributed by atoms with E-state index in [4.69, 9.17) is 5.26 Å². The molecule has 1 aromatic carbocycles. The zero-order valence-electron chi connectivity index (χ0n) is 13.0. The number of Topliss-reactive ketones (excluding diaryl/α,β-unsaturated/α-hetero) is 1. The number of alkyl halides is 3. The van der Waals surface area contributed by atoms with E-state index in [0.717, 1.165) is 25.0 Å². The van der Waals surface area contributed by atoms with Gasteiger partial charge in [0, 0.05) is 19.5 Å². The second-order valence-corrected chi connectivity index (χ2v) is 5.76. The van der Waals surface area contributed by atoms with Crippen LogP contribution in [0.3, 0.4) is 0 Å². The molecule has 0 N–H and O–H groups in total. The van der Waals surface area contributed by atoms with E-state index in [2.05, 4.69) is 0 Å². The topological polar surface area (TPSA) is 61.2 Å². The van der Waals surface area contributed by atoms with Gasteiger partial charge in [0.2, 0.25) is 5.91 Å². The summed E-state index contributed by atoms with van der Waals surface area (Å²) in [6.07, 6.45) is -2.53. The van der Waals surface area contributed by atoms with Crippen LogP contribution in [0.4, 0.5) is 13.2 Å². The summed E-state index contributed by atoms with van der Waals surface area (Å²) < 4.78 is 37.5. The van der Waals surface area contributed by atoms with E-state index in [1.165, 1.54) is 17.0 Å².